The summed E-state index contributed by atoms with van der Waals surface area (Å²) >= 11 is 0. The smallest absolute Gasteiger partial charge is 0.323 e. The second-order valence-electron chi connectivity index (χ2n) is 6.34. The second-order valence-corrected chi connectivity index (χ2v) is 6.34. The van der Waals surface area contributed by atoms with Crippen LogP contribution in [0.25, 0.3) is 0 Å². The number of nitrogens with one attached hydrogen (secondary N) is 1. The molecule has 0 saturated carbocycles. The van der Waals surface area contributed by atoms with E-state index in [0.717, 1.165) is 23.8 Å². The van der Waals surface area contributed by atoms with Gasteiger partial charge in [0, 0.05) is 36.6 Å². The fourth-order valence-corrected chi connectivity index (χ4v) is 3.10. The molecule has 2 heterocycles. The number of fused-ring (bicyclic) bond motifs is 1. The van der Waals surface area contributed by atoms with Crippen molar-refractivity contribution >= 4 is 11.8 Å². The molecule has 8 nitrogen and oxygen atoms in total. The lowest BCUT2D eigenvalue weighted by atomic mass is 9.93. The largest absolute Gasteiger partial charge is 0.480 e. The molecule has 0 fully saturated rings. The topological polar surface area (TPSA) is 102 Å². The van der Waals surface area contributed by atoms with Crippen molar-refractivity contribution in [2.24, 2.45) is 0 Å². The van der Waals surface area contributed by atoms with Crippen LogP contribution in [0.15, 0.2) is 23.4 Å². The number of aryl methyl sites for hydroxylation is 1. The quantitative estimate of drug-likeness (QED) is 0.850. The highest BCUT2D eigenvalue weighted by atomic mass is 16.4. The summed E-state index contributed by atoms with van der Waals surface area (Å²) in [5, 5.41) is 16.5. The lowest BCUT2D eigenvalue weighted by Gasteiger charge is -2.25. The van der Waals surface area contributed by atoms with Crippen LogP contribution in [0, 0.1) is 0 Å². The second kappa shape index (κ2) is 6.46. The highest BCUT2D eigenvalue weighted by Gasteiger charge is 2.24. The number of aromatic nitrogens is 4. The lowest BCUT2D eigenvalue weighted by Crippen LogP contribution is -2.34. The van der Waals surface area contributed by atoms with E-state index in [0.29, 0.717) is 0 Å². The van der Waals surface area contributed by atoms with Gasteiger partial charge >= 0.3 is 5.97 Å². The SMILES string of the molecule is CC(C)n1ncc2c1CC(Nc1nccn(CC(=O)O)c1=O)CC2. The zero-order valence-electron chi connectivity index (χ0n) is 13.8. The van der Waals surface area contributed by atoms with E-state index in [1.165, 1.54) is 23.7 Å². The normalized spacial score (nSPS) is 16.9. The van der Waals surface area contributed by atoms with E-state index in [-0.39, 0.29) is 24.4 Å². The number of carbonyl (C=O) groups is 1. The highest BCUT2D eigenvalue weighted by Crippen LogP contribution is 2.24. The first-order valence-electron chi connectivity index (χ1n) is 8.04. The number of anilines is 1. The van der Waals surface area contributed by atoms with Crippen molar-refractivity contribution in [3.63, 3.8) is 0 Å². The van der Waals surface area contributed by atoms with Crippen LogP contribution in [0.3, 0.4) is 0 Å². The maximum atomic E-state index is 12.3. The lowest BCUT2D eigenvalue weighted by molar-refractivity contribution is -0.137. The number of aliphatic carboxylic acids is 1. The molecule has 0 amide bonds. The van der Waals surface area contributed by atoms with Crippen LogP contribution in [0.1, 0.15) is 37.6 Å². The predicted molar refractivity (Wildman–Crippen MR) is 88.2 cm³/mol. The molecule has 0 aromatic carbocycles. The number of hydrogen-bond acceptors (Lipinski definition) is 5. The van der Waals surface area contributed by atoms with E-state index in [1.54, 1.807) is 0 Å². The van der Waals surface area contributed by atoms with Crippen molar-refractivity contribution in [2.45, 2.75) is 51.7 Å². The van der Waals surface area contributed by atoms with Crippen LogP contribution >= 0.6 is 0 Å². The van der Waals surface area contributed by atoms with Gasteiger partial charge in [0.2, 0.25) is 0 Å². The van der Waals surface area contributed by atoms with Crippen molar-refractivity contribution in [2.75, 3.05) is 5.32 Å². The number of carboxylic acid groups (broad SMARTS) is 1. The van der Waals surface area contributed by atoms with Gasteiger partial charge in [-0.3, -0.25) is 18.8 Å². The number of carboxylic acids is 1. The van der Waals surface area contributed by atoms with Gasteiger partial charge < -0.3 is 10.4 Å². The molecule has 8 heteroatoms. The van der Waals surface area contributed by atoms with E-state index in [9.17, 15) is 9.59 Å². The van der Waals surface area contributed by atoms with Crippen molar-refractivity contribution in [1.29, 1.82) is 0 Å². The fraction of sp³-hybridized carbons (Fsp3) is 0.500. The molecule has 0 saturated heterocycles. The first kappa shape index (κ1) is 16.2. The summed E-state index contributed by atoms with van der Waals surface area (Å²) in [7, 11) is 0. The summed E-state index contributed by atoms with van der Waals surface area (Å²) in [4.78, 5) is 27.2. The first-order chi connectivity index (χ1) is 11.5. The zero-order valence-corrected chi connectivity index (χ0v) is 13.8. The Kier molecular flexibility index (Phi) is 4.37. The van der Waals surface area contributed by atoms with Crippen molar-refractivity contribution in [3.8, 4) is 0 Å². The summed E-state index contributed by atoms with van der Waals surface area (Å²) in [5.74, 6) is -0.861. The minimum Gasteiger partial charge on any atom is -0.480 e. The first-order valence-corrected chi connectivity index (χ1v) is 8.04. The Labute approximate surface area is 139 Å². The number of nitrogens with zero attached hydrogens (tertiary/aromatic N) is 4. The maximum absolute atomic E-state index is 12.3. The van der Waals surface area contributed by atoms with Crippen molar-refractivity contribution in [1.82, 2.24) is 19.3 Å². The monoisotopic (exact) mass is 331 g/mol. The summed E-state index contributed by atoms with van der Waals surface area (Å²) in [6.07, 6.45) is 7.30. The molecular weight excluding hydrogens is 310 g/mol. The van der Waals surface area contributed by atoms with Gasteiger partial charge in [-0.15, -0.1) is 0 Å². The van der Waals surface area contributed by atoms with Gasteiger partial charge in [0.05, 0.1) is 6.20 Å². The Balaban J connectivity index is 1.79. The van der Waals surface area contributed by atoms with Crippen molar-refractivity contribution in [3.05, 3.63) is 40.2 Å². The van der Waals surface area contributed by atoms with E-state index in [4.69, 9.17) is 5.11 Å². The molecule has 3 rings (SSSR count). The molecule has 128 valence electrons. The minimum atomic E-state index is -1.06. The molecule has 0 radical (unpaired) electrons. The standard InChI is InChI=1S/C16H21N5O3/c1-10(2)21-13-7-12(4-3-11(13)8-18-21)19-15-16(24)20(6-5-17-15)9-14(22)23/h5-6,8,10,12H,3-4,7,9H2,1-2H3,(H,17,19)(H,22,23). The molecule has 2 aromatic heterocycles. The van der Waals surface area contributed by atoms with Gasteiger partial charge in [0.1, 0.15) is 6.54 Å². The summed E-state index contributed by atoms with van der Waals surface area (Å²) in [6.45, 7) is 3.81. The molecule has 1 aliphatic carbocycles. The Bertz CT molecular complexity index is 808. The highest BCUT2D eigenvalue weighted by molar-refractivity contribution is 5.66. The molecule has 0 bridgehead atoms. The third kappa shape index (κ3) is 3.17. The van der Waals surface area contributed by atoms with E-state index in [1.807, 2.05) is 10.9 Å². The Morgan fingerprint density at radius 1 is 1.50 bits per heavy atom. The van der Waals surface area contributed by atoms with Gasteiger partial charge in [-0.25, -0.2) is 4.98 Å². The van der Waals surface area contributed by atoms with Gasteiger partial charge in [0.15, 0.2) is 5.82 Å². The Hall–Kier alpha value is -2.64. The van der Waals surface area contributed by atoms with Crippen LogP contribution < -0.4 is 10.9 Å². The van der Waals surface area contributed by atoms with Crippen LogP contribution in [-0.4, -0.2) is 36.4 Å². The van der Waals surface area contributed by atoms with Crippen LogP contribution in [0.5, 0.6) is 0 Å². The van der Waals surface area contributed by atoms with Crippen LogP contribution in [0.2, 0.25) is 0 Å². The fourth-order valence-electron chi connectivity index (χ4n) is 3.10. The molecule has 0 aliphatic heterocycles. The van der Waals surface area contributed by atoms with Gasteiger partial charge in [0.25, 0.3) is 5.56 Å². The molecular formula is C16H21N5O3. The predicted octanol–water partition coefficient (Wildman–Crippen LogP) is 1.07. The molecule has 0 spiro atoms. The molecule has 1 aliphatic rings. The average Bonchev–Trinajstić information content (AvgIpc) is 2.94. The molecule has 2 N–H and O–H groups in total. The number of hydrogen-bond donors (Lipinski definition) is 2. The van der Waals surface area contributed by atoms with Crippen LogP contribution in [-0.2, 0) is 24.2 Å². The molecule has 2 aromatic rings. The van der Waals surface area contributed by atoms with E-state index in [2.05, 4.69) is 29.2 Å². The summed E-state index contributed by atoms with van der Waals surface area (Å²) in [5.41, 5.74) is 2.03. The third-order valence-electron chi connectivity index (χ3n) is 4.24. The van der Waals surface area contributed by atoms with Gasteiger partial charge in [-0.1, -0.05) is 0 Å². The van der Waals surface area contributed by atoms with E-state index < -0.39 is 11.5 Å². The molecule has 1 atom stereocenters. The molecule has 24 heavy (non-hydrogen) atoms. The van der Waals surface area contributed by atoms with E-state index >= 15 is 0 Å². The minimum absolute atomic E-state index is 0.0765. The maximum Gasteiger partial charge on any atom is 0.323 e. The Morgan fingerprint density at radius 2 is 2.29 bits per heavy atom. The molecule has 1 unspecified atom stereocenters. The van der Waals surface area contributed by atoms with Crippen LogP contribution in [0.4, 0.5) is 5.82 Å². The third-order valence-corrected chi connectivity index (χ3v) is 4.24. The summed E-state index contributed by atoms with van der Waals surface area (Å²) < 4.78 is 3.16. The summed E-state index contributed by atoms with van der Waals surface area (Å²) in [6, 6.07) is 0.364. The van der Waals surface area contributed by atoms with Gasteiger partial charge in [-0.2, -0.15) is 5.10 Å². The average molecular weight is 331 g/mol. The van der Waals surface area contributed by atoms with Crippen molar-refractivity contribution < 1.29 is 9.90 Å². The number of rotatable bonds is 5. The Morgan fingerprint density at radius 3 is 3.00 bits per heavy atom. The van der Waals surface area contributed by atoms with Gasteiger partial charge in [-0.05, 0) is 32.3 Å². The zero-order chi connectivity index (χ0) is 17.3.